The molecule has 3 aromatic rings. The smallest absolute Gasteiger partial charge is 0.0356 e. The Kier molecular flexibility index (Phi) is 2.65. The molecule has 0 spiro atoms. The van der Waals surface area contributed by atoms with Crippen molar-refractivity contribution in [1.82, 2.24) is 0 Å². The predicted octanol–water partition coefficient (Wildman–Crippen LogP) is 4.30. The summed E-state index contributed by atoms with van der Waals surface area (Å²) in [5.74, 6) is 6.36. The highest BCUT2D eigenvalue weighted by molar-refractivity contribution is 7.08. The van der Waals surface area contributed by atoms with Crippen molar-refractivity contribution < 1.29 is 0 Å². The quantitative estimate of drug-likeness (QED) is 0.509. The van der Waals surface area contributed by atoms with E-state index in [1.165, 1.54) is 10.8 Å². The van der Waals surface area contributed by atoms with Gasteiger partial charge in [0.15, 0.2) is 0 Å². The fourth-order valence-electron chi connectivity index (χ4n) is 1.75. The summed E-state index contributed by atoms with van der Waals surface area (Å²) >= 11 is 1.67. The van der Waals surface area contributed by atoms with Gasteiger partial charge in [0.25, 0.3) is 0 Å². The van der Waals surface area contributed by atoms with Crippen LogP contribution in [-0.2, 0) is 0 Å². The van der Waals surface area contributed by atoms with Crippen LogP contribution in [0.2, 0.25) is 0 Å². The maximum atomic E-state index is 3.20. The highest BCUT2D eigenvalue weighted by Gasteiger charge is 1.92. The third-order valence-corrected chi connectivity index (χ3v) is 3.31. The van der Waals surface area contributed by atoms with Crippen molar-refractivity contribution in [2.75, 3.05) is 0 Å². The van der Waals surface area contributed by atoms with E-state index >= 15 is 0 Å². The van der Waals surface area contributed by atoms with Crippen LogP contribution in [0.1, 0.15) is 11.1 Å². The van der Waals surface area contributed by atoms with Crippen LogP contribution in [0.3, 0.4) is 0 Å². The molecule has 80 valence electrons. The average Bonchev–Trinajstić information content (AvgIpc) is 2.89. The Morgan fingerprint density at radius 1 is 0.765 bits per heavy atom. The molecule has 1 heterocycles. The maximum absolute atomic E-state index is 3.20. The van der Waals surface area contributed by atoms with E-state index in [0.717, 1.165) is 11.1 Å². The molecule has 2 aromatic carbocycles. The van der Waals surface area contributed by atoms with Gasteiger partial charge in [-0.3, -0.25) is 0 Å². The number of hydrogen-bond donors (Lipinski definition) is 0. The molecule has 1 heteroatoms. The lowest BCUT2D eigenvalue weighted by Crippen LogP contribution is -1.76. The van der Waals surface area contributed by atoms with Crippen molar-refractivity contribution in [2.45, 2.75) is 0 Å². The maximum Gasteiger partial charge on any atom is 0.0356 e. The molecule has 0 unspecified atom stereocenters. The minimum absolute atomic E-state index is 1.06. The summed E-state index contributed by atoms with van der Waals surface area (Å²) in [6.45, 7) is 0. The number of thiophene rings is 1. The van der Waals surface area contributed by atoms with Gasteiger partial charge in [-0.15, -0.1) is 0 Å². The molecule has 0 atom stereocenters. The molecule has 0 aliphatic heterocycles. The van der Waals surface area contributed by atoms with Crippen LogP contribution in [0.25, 0.3) is 10.8 Å². The summed E-state index contributed by atoms with van der Waals surface area (Å²) in [5.41, 5.74) is 2.15. The lowest BCUT2D eigenvalue weighted by Gasteiger charge is -1.97. The van der Waals surface area contributed by atoms with E-state index in [-0.39, 0.29) is 0 Å². The van der Waals surface area contributed by atoms with Crippen molar-refractivity contribution in [3.63, 3.8) is 0 Å². The lowest BCUT2D eigenvalue weighted by molar-refractivity contribution is 1.69. The van der Waals surface area contributed by atoms with Gasteiger partial charge in [0.2, 0.25) is 0 Å². The van der Waals surface area contributed by atoms with Crippen molar-refractivity contribution in [3.8, 4) is 11.8 Å². The minimum Gasteiger partial charge on any atom is -0.151 e. The number of benzene rings is 2. The van der Waals surface area contributed by atoms with Gasteiger partial charge in [-0.25, -0.2) is 0 Å². The highest BCUT2D eigenvalue weighted by Crippen LogP contribution is 2.15. The molecule has 0 N–H and O–H groups in total. The highest BCUT2D eigenvalue weighted by atomic mass is 32.1. The van der Waals surface area contributed by atoms with Gasteiger partial charge in [0.05, 0.1) is 0 Å². The van der Waals surface area contributed by atoms with E-state index in [1.54, 1.807) is 11.3 Å². The minimum atomic E-state index is 1.06. The van der Waals surface area contributed by atoms with E-state index in [1.807, 2.05) is 11.4 Å². The summed E-state index contributed by atoms with van der Waals surface area (Å²) in [6.07, 6.45) is 0. The van der Waals surface area contributed by atoms with Crippen LogP contribution in [-0.4, -0.2) is 0 Å². The Balaban J connectivity index is 2.01. The zero-order chi connectivity index (χ0) is 11.5. The first-order chi connectivity index (χ1) is 8.42. The molecular weight excluding hydrogens is 224 g/mol. The second-order valence-electron chi connectivity index (χ2n) is 3.82. The number of rotatable bonds is 0. The van der Waals surface area contributed by atoms with Crippen molar-refractivity contribution in [2.24, 2.45) is 0 Å². The molecule has 0 amide bonds. The van der Waals surface area contributed by atoms with E-state index in [9.17, 15) is 0 Å². The molecule has 17 heavy (non-hydrogen) atoms. The van der Waals surface area contributed by atoms with E-state index in [0.29, 0.717) is 0 Å². The van der Waals surface area contributed by atoms with E-state index < -0.39 is 0 Å². The molecule has 0 saturated heterocycles. The first-order valence-electron chi connectivity index (χ1n) is 5.45. The van der Waals surface area contributed by atoms with Crippen molar-refractivity contribution in [1.29, 1.82) is 0 Å². The molecule has 0 aliphatic rings. The van der Waals surface area contributed by atoms with Crippen LogP contribution < -0.4 is 0 Å². The van der Waals surface area contributed by atoms with Crippen LogP contribution in [0.4, 0.5) is 0 Å². The molecule has 1 aromatic heterocycles. The van der Waals surface area contributed by atoms with Gasteiger partial charge >= 0.3 is 0 Å². The van der Waals surface area contributed by atoms with Gasteiger partial charge in [-0.2, -0.15) is 11.3 Å². The van der Waals surface area contributed by atoms with Gasteiger partial charge in [-0.1, -0.05) is 42.2 Å². The summed E-state index contributed by atoms with van der Waals surface area (Å²) in [6, 6.07) is 16.7. The lowest BCUT2D eigenvalue weighted by atomic mass is 10.1. The fourth-order valence-corrected chi connectivity index (χ4v) is 2.33. The first-order valence-corrected chi connectivity index (χ1v) is 6.39. The Labute approximate surface area is 105 Å². The average molecular weight is 234 g/mol. The second kappa shape index (κ2) is 4.45. The molecule has 0 nitrogen and oxygen atoms in total. The Morgan fingerprint density at radius 2 is 1.59 bits per heavy atom. The van der Waals surface area contributed by atoms with Gasteiger partial charge in [-0.05, 0) is 34.4 Å². The third-order valence-electron chi connectivity index (χ3n) is 2.62. The van der Waals surface area contributed by atoms with Crippen LogP contribution in [0.5, 0.6) is 0 Å². The molecule has 0 bridgehead atoms. The van der Waals surface area contributed by atoms with Crippen LogP contribution >= 0.6 is 11.3 Å². The predicted molar refractivity (Wildman–Crippen MR) is 74.2 cm³/mol. The first kappa shape index (κ1) is 10.1. The van der Waals surface area contributed by atoms with Crippen molar-refractivity contribution >= 4 is 22.1 Å². The number of fused-ring (bicyclic) bond motifs is 1. The summed E-state index contributed by atoms with van der Waals surface area (Å²) in [4.78, 5) is 0. The van der Waals surface area contributed by atoms with E-state index in [4.69, 9.17) is 0 Å². The Morgan fingerprint density at radius 3 is 2.41 bits per heavy atom. The Bertz CT molecular complexity index is 697. The summed E-state index contributed by atoms with van der Waals surface area (Å²) < 4.78 is 0. The third kappa shape index (κ3) is 2.22. The molecule has 0 fully saturated rings. The van der Waals surface area contributed by atoms with Gasteiger partial charge < -0.3 is 0 Å². The molecule has 3 rings (SSSR count). The zero-order valence-corrected chi connectivity index (χ0v) is 10.00. The monoisotopic (exact) mass is 234 g/mol. The zero-order valence-electron chi connectivity index (χ0n) is 9.18. The van der Waals surface area contributed by atoms with Crippen LogP contribution in [0, 0.1) is 11.8 Å². The SMILES string of the molecule is C(#Cc1ccc2ccccc2c1)c1ccsc1. The fraction of sp³-hybridized carbons (Fsp3) is 0. The molecular formula is C16H10S. The standard InChI is InChI=1S/C16H10S/c1-2-4-16-11-13(7-8-15(16)3-1)5-6-14-9-10-17-12-14/h1-4,7-12H. The summed E-state index contributed by atoms with van der Waals surface area (Å²) in [5, 5.41) is 6.61. The topological polar surface area (TPSA) is 0 Å². The molecule has 0 aliphatic carbocycles. The number of hydrogen-bond acceptors (Lipinski definition) is 1. The largest absolute Gasteiger partial charge is 0.151 e. The normalized spacial score (nSPS) is 9.88. The van der Waals surface area contributed by atoms with Crippen molar-refractivity contribution in [3.05, 3.63) is 70.4 Å². The Hall–Kier alpha value is -2.04. The summed E-state index contributed by atoms with van der Waals surface area (Å²) in [7, 11) is 0. The molecule has 0 saturated carbocycles. The van der Waals surface area contributed by atoms with Crippen LogP contribution in [0.15, 0.2) is 59.3 Å². The second-order valence-corrected chi connectivity index (χ2v) is 4.60. The van der Waals surface area contributed by atoms with Gasteiger partial charge in [0.1, 0.15) is 0 Å². The molecule has 0 radical (unpaired) electrons. The van der Waals surface area contributed by atoms with Gasteiger partial charge in [0, 0.05) is 16.5 Å². The van der Waals surface area contributed by atoms with E-state index in [2.05, 4.69) is 59.7 Å².